The number of hydrogen-bond acceptors (Lipinski definition) is 6. The lowest BCUT2D eigenvalue weighted by Crippen LogP contribution is -2.31. The summed E-state index contributed by atoms with van der Waals surface area (Å²) in [6.07, 6.45) is 0. The fraction of sp³-hybridized carbons (Fsp3) is 0.200. The smallest absolute Gasteiger partial charge is 0.265 e. The van der Waals surface area contributed by atoms with Crippen LogP contribution in [0.5, 0.6) is 0 Å². The van der Waals surface area contributed by atoms with Crippen molar-refractivity contribution in [2.75, 3.05) is 10.8 Å². The second-order valence-electron chi connectivity index (χ2n) is 5.27. The molecule has 2 aromatic rings. The highest BCUT2D eigenvalue weighted by Gasteiger charge is 2.29. The minimum Gasteiger partial charge on any atom is -0.265 e. The zero-order chi connectivity index (χ0) is 19.6. The molecule has 0 bridgehead atoms. The molecule has 26 heavy (non-hydrogen) atoms. The van der Waals surface area contributed by atoms with Gasteiger partial charge in [0.2, 0.25) is 0 Å². The number of nitro groups is 2. The Labute approximate surface area is 154 Å². The van der Waals surface area contributed by atoms with E-state index >= 15 is 0 Å². The lowest BCUT2D eigenvalue weighted by molar-refractivity contribution is -0.385. The van der Waals surface area contributed by atoms with E-state index in [1.165, 1.54) is 32.0 Å². The Morgan fingerprint density at radius 1 is 1.04 bits per heavy atom. The summed E-state index contributed by atoms with van der Waals surface area (Å²) in [5.41, 5.74) is -0.478. The second kappa shape index (κ2) is 7.26. The lowest BCUT2D eigenvalue weighted by atomic mass is 10.2. The van der Waals surface area contributed by atoms with Crippen molar-refractivity contribution in [3.8, 4) is 0 Å². The van der Waals surface area contributed by atoms with Crippen LogP contribution in [0.2, 0.25) is 5.02 Å². The van der Waals surface area contributed by atoms with Gasteiger partial charge in [-0.15, -0.1) is 0 Å². The summed E-state index contributed by atoms with van der Waals surface area (Å²) < 4.78 is 27.0. The molecule has 2 rings (SSSR count). The predicted octanol–water partition coefficient (Wildman–Crippen LogP) is 3.68. The van der Waals surface area contributed by atoms with Crippen LogP contribution in [0, 0.1) is 27.2 Å². The molecule has 0 fully saturated rings. The first-order valence-electron chi connectivity index (χ1n) is 7.31. The molecule has 0 aliphatic carbocycles. The first-order valence-corrected chi connectivity index (χ1v) is 9.13. The van der Waals surface area contributed by atoms with Crippen LogP contribution in [-0.2, 0) is 10.0 Å². The molecule has 0 spiro atoms. The van der Waals surface area contributed by atoms with E-state index < -0.39 is 19.9 Å². The number of aryl methyl sites for hydroxylation is 1. The van der Waals surface area contributed by atoms with Crippen molar-refractivity contribution in [3.05, 3.63) is 67.2 Å². The molecule has 0 aromatic heterocycles. The minimum atomic E-state index is -4.23. The highest BCUT2D eigenvalue weighted by Crippen LogP contribution is 2.35. The number of benzene rings is 2. The number of non-ortho nitro benzene ring substituents is 2. The van der Waals surface area contributed by atoms with Crippen molar-refractivity contribution in [2.24, 2.45) is 0 Å². The van der Waals surface area contributed by atoms with E-state index in [0.29, 0.717) is 5.56 Å². The Morgan fingerprint density at radius 3 is 2.12 bits per heavy atom. The number of anilines is 1. The molecule has 0 atom stereocenters. The van der Waals surface area contributed by atoms with E-state index in [0.717, 1.165) is 22.5 Å². The number of sulfonamides is 1. The highest BCUT2D eigenvalue weighted by molar-refractivity contribution is 7.92. The van der Waals surface area contributed by atoms with Crippen LogP contribution in [0.1, 0.15) is 12.5 Å². The van der Waals surface area contributed by atoms with Crippen LogP contribution in [0.3, 0.4) is 0 Å². The number of hydrogen-bond donors (Lipinski definition) is 0. The van der Waals surface area contributed by atoms with Crippen molar-refractivity contribution >= 4 is 38.7 Å². The van der Waals surface area contributed by atoms with Crippen LogP contribution in [0.15, 0.2) is 41.3 Å². The van der Waals surface area contributed by atoms with Crippen LogP contribution in [-0.4, -0.2) is 24.8 Å². The molecule has 0 saturated heterocycles. The molecule has 2 aromatic carbocycles. The second-order valence-corrected chi connectivity index (χ2v) is 7.51. The molecule has 11 heteroatoms. The summed E-state index contributed by atoms with van der Waals surface area (Å²) in [5.74, 6) is 0. The minimum absolute atomic E-state index is 0.00380. The Hall–Kier alpha value is -2.72. The zero-order valence-corrected chi connectivity index (χ0v) is 15.3. The Balaban J connectivity index is 2.67. The average molecular weight is 400 g/mol. The van der Waals surface area contributed by atoms with Crippen LogP contribution >= 0.6 is 11.6 Å². The summed E-state index contributed by atoms with van der Waals surface area (Å²) in [5, 5.41) is 22.0. The summed E-state index contributed by atoms with van der Waals surface area (Å²) in [4.78, 5) is 20.3. The average Bonchev–Trinajstić information content (AvgIpc) is 2.56. The van der Waals surface area contributed by atoms with Gasteiger partial charge >= 0.3 is 0 Å². The summed E-state index contributed by atoms with van der Waals surface area (Å²) in [6.45, 7) is 2.95. The van der Waals surface area contributed by atoms with E-state index in [1.54, 1.807) is 0 Å². The molecular formula is C15H14ClN3O6S. The Bertz CT molecular complexity index is 993. The van der Waals surface area contributed by atoms with Gasteiger partial charge in [-0.1, -0.05) is 17.7 Å². The van der Waals surface area contributed by atoms with E-state index in [-0.39, 0.29) is 33.5 Å². The number of rotatable bonds is 6. The first-order chi connectivity index (χ1) is 12.1. The van der Waals surface area contributed by atoms with Crippen molar-refractivity contribution in [1.82, 2.24) is 0 Å². The third-order valence-electron chi connectivity index (χ3n) is 3.65. The Kier molecular flexibility index (Phi) is 5.47. The quantitative estimate of drug-likeness (QED) is 0.539. The number of nitrogens with zero attached hydrogens (tertiary/aromatic N) is 3. The maximum absolute atomic E-state index is 13.1. The molecular weight excluding hydrogens is 386 g/mol. The molecule has 138 valence electrons. The van der Waals surface area contributed by atoms with Gasteiger partial charge in [0.05, 0.1) is 25.5 Å². The standard InChI is InChI=1S/C15H14ClN3O6S/c1-3-17(14-8-11(18(20)21)6-7-13(14)16)26(24,25)15-9-12(19(22)23)5-4-10(15)2/h4-9H,3H2,1-2H3. The molecule has 0 saturated carbocycles. The van der Waals surface area contributed by atoms with E-state index in [1.807, 2.05) is 0 Å². The van der Waals surface area contributed by atoms with Gasteiger partial charge in [-0.3, -0.25) is 24.5 Å². The largest absolute Gasteiger partial charge is 0.271 e. The van der Waals surface area contributed by atoms with Gasteiger partial charge in [0.15, 0.2) is 0 Å². The molecule has 0 amide bonds. The lowest BCUT2D eigenvalue weighted by Gasteiger charge is -2.24. The number of halogens is 1. The van der Waals surface area contributed by atoms with Crippen LogP contribution < -0.4 is 4.31 Å². The molecule has 0 heterocycles. The van der Waals surface area contributed by atoms with Gasteiger partial charge in [0.1, 0.15) is 0 Å². The first kappa shape index (κ1) is 19.6. The fourth-order valence-corrected chi connectivity index (χ4v) is 4.38. The summed E-state index contributed by atoms with van der Waals surface area (Å²) in [7, 11) is -4.23. The highest BCUT2D eigenvalue weighted by atomic mass is 35.5. The number of nitro benzene ring substituents is 2. The van der Waals surface area contributed by atoms with Gasteiger partial charge in [-0.25, -0.2) is 8.42 Å². The molecule has 0 N–H and O–H groups in total. The van der Waals surface area contributed by atoms with Crippen molar-refractivity contribution in [1.29, 1.82) is 0 Å². The Morgan fingerprint density at radius 2 is 1.58 bits per heavy atom. The third-order valence-corrected chi connectivity index (χ3v) is 6.00. The fourth-order valence-electron chi connectivity index (χ4n) is 2.37. The molecule has 0 aliphatic heterocycles. The van der Waals surface area contributed by atoms with Crippen molar-refractivity contribution < 1.29 is 18.3 Å². The molecule has 0 radical (unpaired) electrons. The van der Waals surface area contributed by atoms with Crippen LogP contribution in [0.4, 0.5) is 17.1 Å². The summed E-state index contributed by atoms with van der Waals surface area (Å²) >= 11 is 6.05. The van der Waals surface area contributed by atoms with E-state index in [4.69, 9.17) is 11.6 Å². The van der Waals surface area contributed by atoms with Gasteiger partial charge in [0, 0.05) is 30.8 Å². The van der Waals surface area contributed by atoms with Gasteiger partial charge in [-0.2, -0.15) is 0 Å². The maximum atomic E-state index is 13.1. The normalized spacial score (nSPS) is 11.2. The van der Waals surface area contributed by atoms with Crippen molar-refractivity contribution in [2.45, 2.75) is 18.7 Å². The predicted molar refractivity (Wildman–Crippen MR) is 96.1 cm³/mol. The van der Waals surface area contributed by atoms with E-state index in [9.17, 15) is 28.6 Å². The molecule has 9 nitrogen and oxygen atoms in total. The third kappa shape index (κ3) is 3.60. The monoisotopic (exact) mass is 399 g/mol. The summed E-state index contributed by atoms with van der Waals surface area (Å²) in [6, 6.07) is 6.92. The van der Waals surface area contributed by atoms with Gasteiger partial charge in [-0.05, 0) is 25.5 Å². The maximum Gasteiger partial charge on any atom is 0.271 e. The molecule has 0 aliphatic rings. The van der Waals surface area contributed by atoms with Crippen molar-refractivity contribution in [3.63, 3.8) is 0 Å². The van der Waals surface area contributed by atoms with Crippen LogP contribution in [0.25, 0.3) is 0 Å². The van der Waals surface area contributed by atoms with E-state index in [2.05, 4.69) is 0 Å². The molecule has 0 unspecified atom stereocenters. The van der Waals surface area contributed by atoms with Gasteiger partial charge in [0.25, 0.3) is 21.4 Å². The van der Waals surface area contributed by atoms with Gasteiger partial charge < -0.3 is 0 Å². The SMILES string of the molecule is CCN(c1cc([N+](=O)[O-])ccc1Cl)S(=O)(=O)c1cc([N+](=O)[O-])ccc1C. The zero-order valence-electron chi connectivity index (χ0n) is 13.7. The topological polar surface area (TPSA) is 124 Å².